The Labute approximate surface area is 146 Å². The van der Waals surface area contributed by atoms with Crippen LogP contribution in [0.25, 0.3) is 0 Å². The lowest BCUT2D eigenvalue weighted by molar-refractivity contribution is -0.148. The van der Waals surface area contributed by atoms with E-state index in [1.807, 2.05) is 13.8 Å². The highest BCUT2D eigenvalue weighted by molar-refractivity contribution is 5.84. The van der Waals surface area contributed by atoms with Crippen molar-refractivity contribution in [2.75, 3.05) is 6.61 Å². The number of carbonyl (C=O) groups is 2. The van der Waals surface area contributed by atoms with E-state index in [0.29, 0.717) is 12.2 Å². The van der Waals surface area contributed by atoms with Gasteiger partial charge in [0, 0.05) is 12.4 Å². The number of allylic oxidation sites excluding steroid dienone is 1. The summed E-state index contributed by atoms with van der Waals surface area (Å²) in [6.07, 6.45) is 10.8. The van der Waals surface area contributed by atoms with Gasteiger partial charge in [-0.05, 0) is 25.5 Å². The molecule has 0 unspecified atom stereocenters. The van der Waals surface area contributed by atoms with Gasteiger partial charge in [-0.2, -0.15) is 0 Å². The van der Waals surface area contributed by atoms with Crippen LogP contribution in [0.1, 0.15) is 32.4 Å². The van der Waals surface area contributed by atoms with Crippen LogP contribution in [0.15, 0.2) is 53.7 Å². The van der Waals surface area contributed by atoms with Gasteiger partial charge in [-0.25, -0.2) is 14.6 Å². The van der Waals surface area contributed by atoms with Crippen molar-refractivity contribution in [3.8, 4) is 0 Å². The first-order valence-electron chi connectivity index (χ1n) is 8.26. The topological polar surface area (TPSA) is 77.6 Å². The maximum atomic E-state index is 12.9. The quantitative estimate of drug-likeness (QED) is 0.542. The molecule has 0 radical (unpaired) electrons. The minimum absolute atomic E-state index is 0.174. The number of carbonyl (C=O) groups excluding carboxylic acids is 2. The van der Waals surface area contributed by atoms with Crippen molar-refractivity contribution >= 4 is 12.0 Å². The van der Waals surface area contributed by atoms with Gasteiger partial charge in [-0.3, -0.25) is 4.57 Å². The van der Waals surface area contributed by atoms with E-state index in [0.717, 1.165) is 6.42 Å². The fourth-order valence-electron chi connectivity index (χ4n) is 2.40. The van der Waals surface area contributed by atoms with Gasteiger partial charge in [0.1, 0.15) is 24.7 Å². The Bertz CT molecular complexity index is 677. The predicted octanol–water partition coefficient (Wildman–Crippen LogP) is 3.23. The molecule has 0 aliphatic carbocycles. The third-order valence-electron chi connectivity index (χ3n) is 3.65. The molecule has 0 saturated carbocycles. The molecule has 0 saturated heterocycles. The van der Waals surface area contributed by atoms with E-state index < -0.39 is 12.0 Å². The SMILES string of the molecule is C/C=C/COC(=O)[C@H](CCC)N(Cc1ccco1)C(=O)n1ccnc1. The van der Waals surface area contributed by atoms with Crippen molar-refractivity contribution in [3.63, 3.8) is 0 Å². The zero-order valence-corrected chi connectivity index (χ0v) is 14.5. The van der Waals surface area contributed by atoms with Gasteiger partial charge < -0.3 is 14.1 Å². The number of ether oxygens (including phenoxy) is 1. The van der Waals surface area contributed by atoms with Gasteiger partial charge >= 0.3 is 12.0 Å². The zero-order valence-electron chi connectivity index (χ0n) is 14.5. The molecule has 25 heavy (non-hydrogen) atoms. The molecule has 0 bridgehead atoms. The molecule has 0 aliphatic heterocycles. The molecule has 134 valence electrons. The van der Waals surface area contributed by atoms with Gasteiger partial charge in [0.05, 0.1) is 12.8 Å². The van der Waals surface area contributed by atoms with Crippen molar-refractivity contribution < 1.29 is 18.7 Å². The average Bonchev–Trinajstić information content (AvgIpc) is 3.31. The van der Waals surface area contributed by atoms with Crippen molar-refractivity contribution in [2.24, 2.45) is 0 Å². The second kappa shape index (κ2) is 9.46. The number of aromatic nitrogens is 2. The van der Waals surface area contributed by atoms with Gasteiger partial charge in [-0.1, -0.05) is 25.5 Å². The fraction of sp³-hybridized carbons (Fsp3) is 0.389. The summed E-state index contributed by atoms with van der Waals surface area (Å²) >= 11 is 0. The lowest BCUT2D eigenvalue weighted by Crippen LogP contribution is -2.46. The van der Waals surface area contributed by atoms with Crippen molar-refractivity contribution in [2.45, 2.75) is 39.3 Å². The number of imidazole rings is 1. The Balaban J connectivity index is 2.25. The highest BCUT2D eigenvalue weighted by Gasteiger charge is 2.32. The van der Waals surface area contributed by atoms with Crippen LogP contribution in [-0.4, -0.2) is 39.1 Å². The van der Waals surface area contributed by atoms with E-state index >= 15 is 0 Å². The van der Waals surface area contributed by atoms with Gasteiger partial charge in [-0.15, -0.1) is 0 Å². The molecule has 7 nitrogen and oxygen atoms in total. The molecule has 2 aromatic rings. The number of hydrogen-bond acceptors (Lipinski definition) is 5. The summed E-state index contributed by atoms with van der Waals surface area (Å²) < 4.78 is 12.0. The molecule has 0 fully saturated rings. The van der Waals surface area contributed by atoms with E-state index in [1.54, 1.807) is 30.5 Å². The van der Waals surface area contributed by atoms with E-state index in [4.69, 9.17) is 9.15 Å². The number of rotatable bonds is 8. The monoisotopic (exact) mass is 345 g/mol. The largest absolute Gasteiger partial charge is 0.467 e. The lowest BCUT2D eigenvalue weighted by Gasteiger charge is -2.29. The van der Waals surface area contributed by atoms with Gasteiger partial charge in [0.15, 0.2) is 0 Å². The molecular formula is C18H23N3O4. The zero-order chi connectivity index (χ0) is 18.1. The Kier molecular flexibility index (Phi) is 7.00. The average molecular weight is 345 g/mol. The second-order valence-electron chi connectivity index (χ2n) is 5.46. The molecule has 0 aliphatic rings. The summed E-state index contributed by atoms with van der Waals surface area (Å²) in [5.74, 6) is 0.163. The van der Waals surface area contributed by atoms with Crippen LogP contribution in [0.2, 0.25) is 0 Å². The number of nitrogens with zero attached hydrogens (tertiary/aromatic N) is 3. The summed E-state index contributed by atoms with van der Waals surface area (Å²) in [6, 6.07) is 2.46. The highest BCUT2D eigenvalue weighted by atomic mass is 16.5. The van der Waals surface area contributed by atoms with Crippen LogP contribution in [0.3, 0.4) is 0 Å². The molecule has 1 atom stereocenters. The molecular weight excluding hydrogens is 322 g/mol. The first-order chi connectivity index (χ1) is 12.2. The van der Waals surface area contributed by atoms with Crippen molar-refractivity contribution in [1.29, 1.82) is 0 Å². The fourth-order valence-corrected chi connectivity index (χ4v) is 2.40. The van der Waals surface area contributed by atoms with Gasteiger partial charge in [0.2, 0.25) is 0 Å². The van der Waals surface area contributed by atoms with E-state index in [1.165, 1.54) is 28.3 Å². The van der Waals surface area contributed by atoms with Crippen LogP contribution >= 0.6 is 0 Å². The maximum Gasteiger partial charge on any atom is 0.330 e. The summed E-state index contributed by atoms with van der Waals surface area (Å²) in [4.78, 5) is 30.8. The number of furan rings is 1. The molecule has 1 amide bonds. The Morgan fingerprint density at radius 1 is 1.48 bits per heavy atom. The number of amides is 1. The highest BCUT2D eigenvalue weighted by Crippen LogP contribution is 2.16. The van der Waals surface area contributed by atoms with E-state index in [9.17, 15) is 9.59 Å². The van der Waals surface area contributed by atoms with E-state index in [2.05, 4.69) is 4.98 Å². The Hall–Kier alpha value is -2.83. The minimum Gasteiger partial charge on any atom is -0.467 e. The summed E-state index contributed by atoms with van der Waals surface area (Å²) in [5.41, 5.74) is 0. The molecule has 2 aromatic heterocycles. The standard InChI is InChI=1S/C18H23N3O4/c1-3-5-11-25-17(22)16(7-4-2)21(13-15-8-6-12-24-15)18(23)20-10-9-19-14-20/h3,5-6,8-10,12,14,16H,4,7,11,13H2,1-2H3/b5-3+/t16-/m0/s1. The van der Waals surface area contributed by atoms with E-state index in [-0.39, 0.29) is 19.2 Å². The Morgan fingerprint density at radius 2 is 2.32 bits per heavy atom. The van der Waals surface area contributed by atoms with Gasteiger partial charge in [0.25, 0.3) is 0 Å². The summed E-state index contributed by atoms with van der Waals surface area (Å²) in [5, 5.41) is 0. The van der Waals surface area contributed by atoms with Crippen molar-refractivity contribution in [3.05, 3.63) is 55.0 Å². The Morgan fingerprint density at radius 3 is 2.92 bits per heavy atom. The van der Waals surface area contributed by atoms with Crippen LogP contribution in [0, 0.1) is 0 Å². The number of hydrogen-bond donors (Lipinski definition) is 0. The molecule has 0 aromatic carbocycles. The molecule has 2 heterocycles. The third-order valence-corrected chi connectivity index (χ3v) is 3.65. The second-order valence-corrected chi connectivity index (χ2v) is 5.46. The normalized spacial score (nSPS) is 12.2. The third kappa shape index (κ3) is 5.07. The van der Waals surface area contributed by atoms with Crippen LogP contribution in [-0.2, 0) is 16.1 Å². The summed E-state index contributed by atoms with van der Waals surface area (Å²) in [6.45, 7) is 4.17. The predicted molar refractivity (Wildman–Crippen MR) is 91.7 cm³/mol. The molecule has 0 spiro atoms. The molecule has 2 rings (SSSR count). The van der Waals surface area contributed by atoms with Crippen LogP contribution in [0.4, 0.5) is 4.79 Å². The van der Waals surface area contributed by atoms with Crippen LogP contribution in [0.5, 0.6) is 0 Å². The van der Waals surface area contributed by atoms with Crippen LogP contribution < -0.4 is 0 Å². The summed E-state index contributed by atoms with van der Waals surface area (Å²) in [7, 11) is 0. The first kappa shape index (κ1) is 18.5. The van der Waals surface area contributed by atoms with Crippen molar-refractivity contribution in [1.82, 2.24) is 14.5 Å². The maximum absolute atomic E-state index is 12.9. The molecule has 7 heteroatoms. The number of esters is 1. The first-order valence-corrected chi connectivity index (χ1v) is 8.26. The lowest BCUT2D eigenvalue weighted by atomic mass is 10.1. The smallest absolute Gasteiger partial charge is 0.330 e. The molecule has 0 N–H and O–H groups in total. The minimum atomic E-state index is -0.699.